The van der Waals surface area contributed by atoms with Gasteiger partial charge < -0.3 is 0 Å². The summed E-state index contributed by atoms with van der Waals surface area (Å²) >= 11 is 0. The zero-order chi connectivity index (χ0) is 15.2. The summed E-state index contributed by atoms with van der Waals surface area (Å²) in [4.78, 5) is 0.233. The quantitative estimate of drug-likeness (QED) is 0.841. The third-order valence-electron chi connectivity index (χ3n) is 3.62. The highest BCUT2D eigenvalue weighted by Crippen LogP contribution is 2.38. The molecule has 0 aliphatic carbocycles. The molecule has 0 N–H and O–H groups in total. The third-order valence-corrected chi connectivity index (χ3v) is 5.42. The summed E-state index contributed by atoms with van der Waals surface area (Å²) < 4.78 is 41.0. The Bertz CT molecular complexity index is 575. The fourth-order valence-corrected chi connectivity index (χ4v) is 4.78. The van der Waals surface area contributed by atoms with Gasteiger partial charge in [-0.05, 0) is 37.8 Å². The van der Waals surface area contributed by atoms with Crippen LogP contribution in [-0.4, -0.2) is 31.5 Å². The zero-order valence-corrected chi connectivity index (χ0v) is 13.3. The molecule has 0 spiro atoms. The van der Waals surface area contributed by atoms with Gasteiger partial charge in [0.2, 0.25) is 10.0 Å². The van der Waals surface area contributed by atoms with Crippen molar-refractivity contribution in [1.82, 2.24) is 4.31 Å². The van der Waals surface area contributed by atoms with Crippen LogP contribution in [0.25, 0.3) is 0 Å². The van der Waals surface area contributed by atoms with E-state index in [4.69, 9.17) is 0 Å². The molecule has 1 heterocycles. The van der Waals surface area contributed by atoms with E-state index in [0.29, 0.717) is 13.0 Å². The second kappa shape index (κ2) is 4.81. The van der Waals surface area contributed by atoms with Gasteiger partial charge in [-0.3, -0.25) is 0 Å². The smallest absolute Gasteiger partial charge is 0.243 e. The van der Waals surface area contributed by atoms with E-state index >= 15 is 0 Å². The highest BCUT2D eigenvalue weighted by molar-refractivity contribution is 7.89. The number of hydrogen-bond acceptors (Lipinski definition) is 2. The molecule has 1 fully saturated rings. The standard InChI is InChI=1S/C15H22FNO2S/c1-12-5-7-13(8-6-12)20(18,19)17-10-14(2,3)9-15(4,16)11-17/h5-8H,9-11H2,1-4H3. The molecule has 1 aromatic carbocycles. The fourth-order valence-electron chi connectivity index (χ4n) is 3.04. The summed E-state index contributed by atoms with van der Waals surface area (Å²) in [5.41, 5.74) is -0.850. The average Bonchev–Trinajstić information content (AvgIpc) is 2.25. The Hall–Kier alpha value is -0.940. The predicted octanol–water partition coefficient (Wildman–Crippen LogP) is 3.14. The maximum Gasteiger partial charge on any atom is 0.243 e. The van der Waals surface area contributed by atoms with Crippen LogP contribution < -0.4 is 0 Å². The number of alkyl halides is 1. The largest absolute Gasteiger partial charge is 0.243 e. The van der Waals surface area contributed by atoms with Crippen molar-refractivity contribution < 1.29 is 12.8 Å². The summed E-state index contributed by atoms with van der Waals surface area (Å²) in [6.07, 6.45) is 0.375. The lowest BCUT2D eigenvalue weighted by atomic mass is 9.79. The van der Waals surface area contributed by atoms with E-state index < -0.39 is 15.7 Å². The van der Waals surface area contributed by atoms with Gasteiger partial charge in [0.25, 0.3) is 0 Å². The topological polar surface area (TPSA) is 37.4 Å². The minimum Gasteiger partial charge on any atom is -0.243 e. The molecule has 1 unspecified atom stereocenters. The lowest BCUT2D eigenvalue weighted by Crippen LogP contribution is -2.53. The number of benzene rings is 1. The summed E-state index contributed by atoms with van der Waals surface area (Å²) in [5, 5.41) is 0. The minimum absolute atomic E-state index is 0.0767. The number of sulfonamides is 1. The number of piperidine rings is 1. The molecule has 2 rings (SSSR count). The number of nitrogens with zero attached hydrogens (tertiary/aromatic N) is 1. The van der Waals surface area contributed by atoms with Crippen molar-refractivity contribution in [2.75, 3.05) is 13.1 Å². The highest BCUT2D eigenvalue weighted by atomic mass is 32.2. The van der Waals surface area contributed by atoms with Crippen LogP contribution in [0.15, 0.2) is 29.2 Å². The van der Waals surface area contributed by atoms with E-state index in [2.05, 4.69) is 0 Å². The first-order chi connectivity index (χ1) is 9.02. The summed E-state index contributed by atoms with van der Waals surface area (Å²) in [5.74, 6) is 0. The van der Waals surface area contributed by atoms with E-state index in [-0.39, 0.29) is 16.9 Å². The minimum atomic E-state index is -3.63. The lowest BCUT2D eigenvalue weighted by molar-refractivity contribution is 0.0290. The van der Waals surface area contributed by atoms with Crippen molar-refractivity contribution in [2.24, 2.45) is 5.41 Å². The van der Waals surface area contributed by atoms with Crippen molar-refractivity contribution >= 4 is 10.0 Å². The number of hydrogen-bond donors (Lipinski definition) is 0. The molecule has 0 aromatic heterocycles. The maximum absolute atomic E-state index is 14.4. The molecule has 0 radical (unpaired) electrons. The second-order valence-corrected chi connectivity index (χ2v) is 8.78. The molecular weight excluding hydrogens is 277 g/mol. The Labute approximate surface area is 120 Å². The first-order valence-corrected chi connectivity index (χ1v) is 8.22. The van der Waals surface area contributed by atoms with Crippen LogP contribution in [0.1, 0.15) is 32.8 Å². The van der Waals surface area contributed by atoms with E-state index in [1.807, 2.05) is 20.8 Å². The summed E-state index contributed by atoms with van der Waals surface area (Å²) in [7, 11) is -3.63. The van der Waals surface area contributed by atoms with Gasteiger partial charge >= 0.3 is 0 Å². The Balaban J connectivity index is 2.36. The molecular formula is C15H22FNO2S. The zero-order valence-electron chi connectivity index (χ0n) is 12.5. The van der Waals surface area contributed by atoms with Crippen LogP contribution in [0.4, 0.5) is 4.39 Å². The second-order valence-electron chi connectivity index (χ2n) is 6.84. The van der Waals surface area contributed by atoms with Crippen LogP contribution >= 0.6 is 0 Å². The Morgan fingerprint density at radius 2 is 1.65 bits per heavy atom. The highest BCUT2D eigenvalue weighted by Gasteiger charge is 2.44. The number of aryl methyl sites for hydroxylation is 1. The van der Waals surface area contributed by atoms with Crippen LogP contribution in [-0.2, 0) is 10.0 Å². The first kappa shape index (κ1) is 15.4. The monoisotopic (exact) mass is 299 g/mol. The third kappa shape index (κ3) is 3.20. The molecule has 1 saturated heterocycles. The van der Waals surface area contributed by atoms with Crippen molar-refractivity contribution in [1.29, 1.82) is 0 Å². The van der Waals surface area contributed by atoms with Gasteiger partial charge in [-0.15, -0.1) is 0 Å². The van der Waals surface area contributed by atoms with Crippen molar-refractivity contribution in [3.8, 4) is 0 Å². The van der Waals surface area contributed by atoms with Gasteiger partial charge in [0.15, 0.2) is 0 Å². The molecule has 1 aromatic rings. The van der Waals surface area contributed by atoms with E-state index in [9.17, 15) is 12.8 Å². The number of halogens is 1. The molecule has 1 aliphatic rings. The molecule has 3 nitrogen and oxygen atoms in total. The van der Waals surface area contributed by atoms with Crippen molar-refractivity contribution in [3.05, 3.63) is 29.8 Å². The van der Waals surface area contributed by atoms with Gasteiger partial charge in [-0.25, -0.2) is 12.8 Å². The van der Waals surface area contributed by atoms with E-state index in [1.165, 1.54) is 11.2 Å². The molecule has 1 atom stereocenters. The van der Waals surface area contributed by atoms with Crippen molar-refractivity contribution in [2.45, 2.75) is 44.7 Å². The van der Waals surface area contributed by atoms with Gasteiger partial charge in [0.05, 0.1) is 4.90 Å². The van der Waals surface area contributed by atoms with Gasteiger partial charge in [-0.1, -0.05) is 31.5 Å². The average molecular weight is 299 g/mol. The summed E-state index contributed by atoms with van der Waals surface area (Å²) in [6, 6.07) is 6.69. The summed E-state index contributed by atoms with van der Waals surface area (Å²) in [6.45, 7) is 7.46. The molecule has 20 heavy (non-hydrogen) atoms. The molecule has 0 bridgehead atoms. The Kier molecular flexibility index (Phi) is 3.71. The lowest BCUT2D eigenvalue weighted by Gasteiger charge is -2.43. The maximum atomic E-state index is 14.4. The normalized spacial score (nSPS) is 27.4. The van der Waals surface area contributed by atoms with Crippen LogP contribution in [0, 0.1) is 12.3 Å². The first-order valence-electron chi connectivity index (χ1n) is 6.78. The van der Waals surface area contributed by atoms with E-state index in [0.717, 1.165) is 5.56 Å². The van der Waals surface area contributed by atoms with E-state index in [1.54, 1.807) is 24.3 Å². The molecule has 5 heteroatoms. The number of rotatable bonds is 2. The van der Waals surface area contributed by atoms with Gasteiger partial charge in [0, 0.05) is 13.1 Å². The predicted molar refractivity (Wildman–Crippen MR) is 77.8 cm³/mol. The molecule has 112 valence electrons. The van der Waals surface area contributed by atoms with Gasteiger partial charge in [-0.2, -0.15) is 4.31 Å². The fraction of sp³-hybridized carbons (Fsp3) is 0.600. The van der Waals surface area contributed by atoms with Gasteiger partial charge in [0.1, 0.15) is 5.67 Å². The molecule has 0 saturated carbocycles. The van der Waals surface area contributed by atoms with Crippen LogP contribution in [0.5, 0.6) is 0 Å². The molecule has 0 amide bonds. The van der Waals surface area contributed by atoms with Crippen molar-refractivity contribution in [3.63, 3.8) is 0 Å². The Morgan fingerprint density at radius 3 is 2.15 bits per heavy atom. The van der Waals surface area contributed by atoms with Crippen LogP contribution in [0.3, 0.4) is 0 Å². The Morgan fingerprint density at radius 1 is 1.10 bits per heavy atom. The van der Waals surface area contributed by atoms with Crippen LogP contribution in [0.2, 0.25) is 0 Å². The SMILES string of the molecule is Cc1ccc(S(=O)(=O)N2CC(C)(C)CC(C)(F)C2)cc1. The molecule has 1 aliphatic heterocycles.